The van der Waals surface area contributed by atoms with Crippen LogP contribution in [0, 0.1) is 5.92 Å². The topological polar surface area (TPSA) is 144 Å². The van der Waals surface area contributed by atoms with Crippen molar-refractivity contribution >= 4 is 41.5 Å². The minimum Gasteiger partial charge on any atom is -0.469 e. The fourth-order valence-corrected chi connectivity index (χ4v) is 7.73. The van der Waals surface area contributed by atoms with Crippen molar-refractivity contribution in [2.45, 2.75) is 543 Å². The number of Topliss-reactive ketones (excluding diaryl/α,β-unsaturated/α-hetero) is 1. The minimum atomic E-state index is -0.965. The predicted octanol–water partition coefficient (Wildman–Crippen LogP) is 37.9. The second-order valence-electron chi connectivity index (χ2n) is 18.7. The summed E-state index contributed by atoms with van der Waals surface area (Å²) in [5.41, 5.74) is -1.31. The number of rotatable bonds is 39. The monoisotopic (exact) mass is 1530 g/mol. The van der Waals surface area contributed by atoms with Crippen LogP contribution in [0.25, 0.3) is 0 Å². The highest BCUT2D eigenvalue weighted by Crippen LogP contribution is 2.20. The lowest BCUT2D eigenvalue weighted by atomic mass is 9.99. The Balaban J connectivity index is -0.0000000231. The van der Waals surface area contributed by atoms with Gasteiger partial charge in [-0.25, -0.2) is 4.79 Å². The van der Waals surface area contributed by atoms with Crippen LogP contribution < -0.4 is 5.32 Å². The van der Waals surface area contributed by atoms with Crippen LogP contribution in [-0.2, 0) is 42.9 Å². The van der Waals surface area contributed by atoms with Gasteiger partial charge in [-0.1, -0.05) is 439 Å². The van der Waals surface area contributed by atoms with Crippen molar-refractivity contribution in [1.29, 1.82) is 0 Å². The molecule has 0 fully saturated rings. The van der Waals surface area contributed by atoms with Crippen LogP contribution in [0.1, 0.15) is 519 Å². The molecule has 0 aromatic heterocycles. The summed E-state index contributed by atoms with van der Waals surface area (Å²) >= 11 is 1.33. The molecule has 0 aliphatic heterocycles. The molecule has 0 saturated carbocycles. The number of ketones is 1. The van der Waals surface area contributed by atoms with Crippen LogP contribution in [0.4, 0.5) is 4.79 Å². The van der Waals surface area contributed by atoms with Gasteiger partial charge in [0, 0.05) is 24.3 Å². The first-order valence-corrected chi connectivity index (χ1v) is 25.3. The van der Waals surface area contributed by atoms with Gasteiger partial charge in [-0.2, -0.15) is 11.8 Å². The first-order chi connectivity index (χ1) is 29.0. The van der Waals surface area contributed by atoms with E-state index in [2.05, 4.69) is 19.2 Å². The Kier molecular flexibility index (Phi) is 512. The van der Waals surface area contributed by atoms with Gasteiger partial charge in [0.25, 0.3) is 0 Å². The molecule has 101 heavy (non-hydrogen) atoms. The molecule has 0 saturated heterocycles. The van der Waals surface area contributed by atoms with Crippen LogP contribution in [0.15, 0.2) is 0 Å². The summed E-state index contributed by atoms with van der Waals surface area (Å²) < 4.78 is 27.6. The second-order valence-corrected chi connectivity index (χ2v) is 19.9. The third-order valence-electron chi connectivity index (χ3n) is 10.4. The Labute approximate surface area is 671 Å². The number of ether oxygens (including phenoxy) is 5. The summed E-state index contributed by atoms with van der Waals surface area (Å²) in [4.78, 5) is 64.6. The molecule has 678 valence electrons. The largest absolute Gasteiger partial charge is 0.469 e. The van der Waals surface area contributed by atoms with Crippen molar-refractivity contribution in [3.8, 4) is 0 Å². The first-order valence-electron chi connectivity index (χ1n) is 24.2. The van der Waals surface area contributed by atoms with Crippen LogP contribution in [0.2, 0.25) is 0 Å². The molecule has 11 nitrogen and oxygen atoms in total. The Hall–Kier alpha value is -2.34. The Morgan fingerprint density at radius 3 is 0.960 bits per heavy atom. The molecule has 1 amide bonds. The lowest BCUT2D eigenvalue weighted by Gasteiger charge is -2.25. The van der Waals surface area contributed by atoms with E-state index >= 15 is 0 Å². The fourth-order valence-electron chi connectivity index (χ4n) is 6.86. The number of hydrogen-bond acceptors (Lipinski definition) is 11. The van der Waals surface area contributed by atoms with Gasteiger partial charge in [0.15, 0.2) is 5.78 Å². The molecule has 0 spiro atoms. The van der Waals surface area contributed by atoms with Gasteiger partial charge in [0.1, 0.15) is 18.3 Å². The van der Waals surface area contributed by atoms with E-state index in [0.717, 1.165) is 38.5 Å². The zero-order chi connectivity index (χ0) is 45.8. The van der Waals surface area contributed by atoms with Gasteiger partial charge in [0.2, 0.25) is 0 Å². The maximum atomic E-state index is 13.5. The van der Waals surface area contributed by atoms with E-state index in [1.54, 1.807) is 20.8 Å². The molecule has 0 bridgehead atoms. The molecule has 0 aliphatic carbocycles. The van der Waals surface area contributed by atoms with E-state index in [1.165, 1.54) is 122 Å². The third kappa shape index (κ3) is 190. The summed E-state index contributed by atoms with van der Waals surface area (Å²) in [5, 5.41) is 2.65. The maximum Gasteiger partial charge on any atom is 0.408 e. The predicted molar refractivity (Wildman–Crippen MR) is 518 cm³/mol. The molecule has 0 heterocycles. The van der Waals surface area contributed by atoms with E-state index < -0.39 is 47.3 Å². The average Bonchev–Trinajstić information content (AvgIpc) is 3.18. The average molecular weight is 1530 g/mol. The molecular formula is C89H251NO10S. The number of thioether (sulfide) groups is 1. The number of carbonyl (C=O) groups is 5. The van der Waals surface area contributed by atoms with E-state index in [-0.39, 0.29) is 341 Å². The SMILES string of the molecule is C.C.C.C.C.C.C.C.C.C.C.C.C.C.C.C.C.C.C.C.C.C.C.C.C.C.C.C.C.C.C.C.C.C.C.C.C.C.C.C.CCCCCCCCCCCCCCCC(=O)O[C@H](CCCCCCCCCCC)CC(=O)OCCSC[C@H](NC(=O)OC(C)(C)C)C(=O)C[C@@H](COC(C)(C)C)C(=O)OC. The van der Waals surface area contributed by atoms with Gasteiger partial charge >= 0.3 is 24.0 Å². The lowest BCUT2D eigenvalue weighted by molar-refractivity contribution is -0.155. The molecule has 1 N–H and O–H groups in total. The van der Waals surface area contributed by atoms with Gasteiger partial charge in [-0.3, -0.25) is 19.2 Å². The van der Waals surface area contributed by atoms with Crippen molar-refractivity contribution in [2.75, 3.05) is 31.8 Å². The fraction of sp³-hybridized carbons (Fsp3) is 0.944. The number of hydrogen-bond donors (Lipinski definition) is 1. The van der Waals surface area contributed by atoms with Crippen LogP contribution in [0.3, 0.4) is 0 Å². The molecule has 0 unspecified atom stereocenters. The maximum absolute atomic E-state index is 13.5. The highest BCUT2D eigenvalue weighted by molar-refractivity contribution is 7.99. The third-order valence-corrected chi connectivity index (χ3v) is 11.4. The summed E-state index contributed by atoms with van der Waals surface area (Å²) in [6.45, 7) is 15.3. The number of nitrogens with one attached hydrogen (secondary N) is 1. The van der Waals surface area contributed by atoms with Crippen molar-refractivity contribution in [3.63, 3.8) is 0 Å². The van der Waals surface area contributed by atoms with Crippen LogP contribution in [0.5, 0.6) is 0 Å². The Bertz CT molecular complexity index is 1160. The van der Waals surface area contributed by atoms with Gasteiger partial charge in [0.05, 0.1) is 37.7 Å². The molecular weight excluding hydrogens is 1280 g/mol. The molecule has 0 rings (SSSR count). The normalized spacial score (nSPS) is 8.01. The smallest absolute Gasteiger partial charge is 0.408 e. The number of methoxy groups -OCH3 is 1. The van der Waals surface area contributed by atoms with Gasteiger partial charge in [-0.15, -0.1) is 0 Å². The van der Waals surface area contributed by atoms with E-state index in [9.17, 15) is 24.0 Å². The van der Waals surface area contributed by atoms with E-state index in [4.69, 9.17) is 23.7 Å². The van der Waals surface area contributed by atoms with Crippen LogP contribution in [-0.4, -0.2) is 85.0 Å². The summed E-state index contributed by atoms with van der Waals surface area (Å²) in [6, 6.07) is -0.965. The molecule has 0 aromatic carbocycles. The van der Waals surface area contributed by atoms with E-state index in [0.29, 0.717) is 18.6 Å². The van der Waals surface area contributed by atoms with Crippen molar-refractivity contribution in [3.05, 3.63) is 0 Å². The first kappa shape index (κ1) is 283. The standard InChI is InChI=1S/C49H91NO10S.40CH4/c1-10-12-14-16-18-20-21-22-23-25-27-29-31-33-44(52)59-41(32-30-28-26-24-19-17-15-13-11-2)37-45(53)57-34-35-61-39-42(50-47(55)60-49(6,7)8)43(51)36-40(46(54)56-9)38-58-48(3,4)5;;;;;;;;;;;;;;;;;;;;;;;;;;;;;;;;;;;;;;;;/h40-42H,10-39H2,1-9H3,(H,50,55);40*1H4/t40-,41+,42-;;;;;;;;;;;;;;;;;;;;;;;;;;;;;;;;;;;;;;;;/m0......................................../s1. The second kappa shape index (κ2) is 183. The summed E-state index contributed by atoms with van der Waals surface area (Å²) in [5.74, 6) is -1.95. The molecule has 0 aromatic rings. The molecule has 0 aliphatic rings. The number of esters is 3. The quantitative estimate of drug-likeness (QED) is 0.0357. The van der Waals surface area contributed by atoms with E-state index in [1.807, 2.05) is 20.8 Å². The van der Waals surface area contributed by atoms with Crippen molar-refractivity contribution in [2.24, 2.45) is 5.92 Å². The highest BCUT2D eigenvalue weighted by Gasteiger charge is 2.31. The number of unbranched alkanes of at least 4 members (excludes halogenated alkanes) is 20. The zero-order valence-electron chi connectivity index (χ0n) is 40.4. The summed E-state index contributed by atoms with van der Waals surface area (Å²) in [6.07, 6.45) is 26.2. The number of alkyl carbamates (subject to hydrolysis) is 1. The zero-order valence-corrected chi connectivity index (χ0v) is 41.3. The van der Waals surface area contributed by atoms with Crippen molar-refractivity contribution < 1.29 is 47.7 Å². The minimum absolute atomic E-state index is 0. The Morgan fingerprint density at radius 2 is 0.673 bits per heavy atom. The van der Waals surface area contributed by atoms with Gasteiger partial charge < -0.3 is 29.0 Å². The van der Waals surface area contributed by atoms with Gasteiger partial charge in [-0.05, 0) is 60.8 Å². The van der Waals surface area contributed by atoms with Crippen LogP contribution >= 0.6 is 11.8 Å². The Morgan fingerprint density at radius 1 is 0.376 bits per heavy atom. The summed E-state index contributed by atoms with van der Waals surface area (Å²) in [7, 11) is 1.26. The lowest BCUT2D eigenvalue weighted by Crippen LogP contribution is -2.46. The van der Waals surface area contributed by atoms with Crippen molar-refractivity contribution in [1.82, 2.24) is 5.32 Å². The highest BCUT2D eigenvalue weighted by atomic mass is 32.2. The molecule has 12 heteroatoms. The molecule has 0 radical (unpaired) electrons. The molecule has 3 atom stereocenters. The number of carbonyl (C=O) groups excluding carboxylic acids is 5. The number of amides is 1.